The third-order valence-corrected chi connectivity index (χ3v) is 5.69. The number of rotatable bonds is 8. The number of hydrogen-bond donors (Lipinski definition) is 2. The van der Waals surface area contributed by atoms with Gasteiger partial charge in [-0.25, -0.2) is 0 Å². The molecule has 0 atom stereocenters. The molecule has 2 aromatic carbocycles. The van der Waals surface area contributed by atoms with E-state index in [2.05, 4.69) is 24.0 Å². The summed E-state index contributed by atoms with van der Waals surface area (Å²) in [5.74, 6) is 0.188. The van der Waals surface area contributed by atoms with Gasteiger partial charge < -0.3 is 15.1 Å². The van der Waals surface area contributed by atoms with Gasteiger partial charge in [0.05, 0.1) is 0 Å². The summed E-state index contributed by atoms with van der Waals surface area (Å²) in [5, 5.41) is 19.1. The zero-order chi connectivity index (χ0) is 20.6. The van der Waals surface area contributed by atoms with Crippen LogP contribution < -0.4 is 0 Å². The van der Waals surface area contributed by atoms with Crippen molar-refractivity contribution in [1.29, 1.82) is 0 Å². The molecule has 1 fully saturated rings. The maximum Gasteiger partial charge on any atom is 0.226 e. The van der Waals surface area contributed by atoms with Crippen molar-refractivity contribution in [2.24, 2.45) is 5.92 Å². The molecule has 0 unspecified atom stereocenters. The lowest BCUT2D eigenvalue weighted by molar-refractivity contribution is -0.137. The third kappa shape index (κ3) is 5.97. The fraction of sp³-hybridized carbons (Fsp3) is 0.458. The van der Waals surface area contributed by atoms with E-state index in [9.17, 15) is 15.0 Å². The number of amides is 1. The number of likely N-dealkylation sites (tertiary alicyclic amines) is 1. The summed E-state index contributed by atoms with van der Waals surface area (Å²) in [4.78, 5) is 17.5. The summed E-state index contributed by atoms with van der Waals surface area (Å²) < 4.78 is 0. The fourth-order valence-electron chi connectivity index (χ4n) is 3.94. The lowest BCUT2D eigenvalue weighted by Crippen LogP contribution is -2.42. The van der Waals surface area contributed by atoms with Gasteiger partial charge in [0, 0.05) is 25.6 Å². The SMILES string of the molecule is CCCCN(Cc1ccccc1)C(=O)C1CCN(Cc2ccc(O)c(O)c2)CC1. The first kappa shape index (κ1) is 21.2. The van der Waals surface area contributed by atoms with E-state index in [-0.39, 0.29) is 23.3 Å². The molecule has 1 heterocycles. The number of piperidine rings is 1. The Bertz CT molecular complexity index is 786. The lowest BCUT2D eigenvalue weighted by Gasteiger charge is -2.34. The van der Waals surface area contributed by atoms with Gasteiger partial charge in [0.15, 0.2) is 11.5 Å². The van der Waals surface area contributed by atoms with Crippen LogP contribution in [0.5, 0.6) is 11.5 Å². The maximum absolute atomic E-state index is 13.2. The molecule has 29 heavy (non-hydrogen) atoms. The Balaban J connectivity index is 1.55. The van der Waals surface area contributed by atoms with Gasteiger partial charge in [0.1, 0.15) is 0 Å². The van der Waals surface area contributed by atoms with Gasteiger partial charge in [-0.1, -0.05) is 49.7 Å². The Hall–Kier alpha value is -2.53. The van der Waals surface area contributed by atoms with Crippen molar-refractivity contribution < 1.29 is 15.0 Å². The van der Waals surface area contributed by atoms with E-state index in [4.69, 9.17) is 0 Å². The molecule has 0 aliphatic carbocycles. The Morgan fingerprint density at radius 1 is 1.03 bits per heavy atom. The van der Waals surface area contributed by atoms with Gasteiger partial charge in [0.2, 0.25) is 5.91 Å². The molecule has 3 rings (SSSR count). The monoisotopic (exact) mass is 396 g/mol. The Morgan fingerprint density at radius 3 is 2.41 bits per heavy atom. The molecule has 2 N–H and O–H groups in total. The van der Waals surface area contributed by atoms with Crippen LogP contribution in [0, 0.1) is 5.92 Å². The van der Waals surface area contributed by atoms with Crippen molar-refractivity contribution >= 4 is 5.91 Å². The highest BCUT2D eigenvalue weighted by molar-refractivity contribution is 5.79. The van der Waals surface area contributed by atoms with E-state index in [1.807, 2.05) is 29.2 Å². The van der Waals surface area contributed by atoms with Crippen molar-refractivity contribution in [3.05, 3.63) is 59.7 Å². The van der Waals surface area contributed by atoms with Gasteiger partial charge in [-0.15, -0.1) is 0 Å². The van der Waals surface area contributed by atoms with Gasteiger partial charge in [-0.2, -0.15) is 0 Å². The summed E-state index contributed by atoms with van der Waals surface area (Å²) in [6.07, 6.45) is 3.83. The minimum atomic E-state index is -0.0939. The molecule has 0 saturated carbocycles. The second kappa shape index (κ2) is 10.3. The van der Waals surface area contributed by atoms with Gasteiger partial charge >= 0.3 is 0 Å². The highest BCUT2D eigenvalue weighted by atomic mass is 16.3. The maximum atomic E-state index is 13.2. The van der Waals surface area contributed by atoms with E-state index in [1.165, 1.54) is 11.6 Å². The quantitative estimate of drug-likeness (QED) is 0.658. The van der Waals surface area contributed by atoms with Crippen LogP contribution in [0.3, 0.4) is 0 Å². The number of aromatic hydroxyl groups is 2. The molecule has 0 spiro atoms. The van der Waals surface area contributed by atoms with Crippen LogP contribution in [0.2, 0.25) is 0 Å². The van der Waals surface area contributed by atoms with Crippen LogP contribution in [0.25, 0.3) is 0 Å². The molecule has 0 bridgehead atoms. The predicted molar refractivity (Wildman–Crippen MR) is 115 cm³/mol. The zero-order valence-electron chi connectivity index (χ0n) is 17.3. The van der Waals surface area contributed by atoms with E-state index in [0.29, 0.717) is 6.54 Å². The Labute approximate surface area is 173 Å². The van der Waals surface area contributed by atoms with E-state index in [1.54, 1.807) is 6.07 Å². The molecule has 1 amide bonds. The second-order valence-corrected chi connectivity index (χ2v) is 7.97. The number of carbonyl (C=O) groups is 1. The average molecular weight is 397 g/mol. The van der Waals surface area contributed by atoms with E-state index in [0.717, 1.165) is 57.4 Å². The number of nitrogens with zero attached hydrogens (tertiary/aromatic N) is 2. The standard InChI is InChI=1S/C24H32N2O3/c1-2-3-13-26(18-19-7-5-4-6-8-19)24(29)21-11-14-25(15-12-21)17-20-9-10-22(27)23(28)16-20/h4-10,16,21,27-28H,2-3,11-15,17-18H2,1H3. The van der Waals surface area contributed by atoms with Crippen LogP contribution in [0.1, 0.15) is 43.7 Å². The average Bonchev–Trinajstić information content (AvgIpc) is 2.74. The lowest BCUT2D eigenvalue weighted by atomic mass is 9.94. The zero-order valence-corrected chi connectivity index (χ0v) is 17.3. The Kier molecular flexibility index (Phi) is 7.53. The highest BCUT2D eigenvalue weighted by Gasteiger charge is 2.28. The van der Waals surface area contributed by atoms with E-state index < -0.39 is 0 Å². The van der Waals surface area contributed by atoms with Gasteiger partial charge in [-0.05, 0) is 55.6 Å². The molecule has 1 aliphatic heterocycles. The Morgan fingerprint density at radius 2 is 1.76 bits per heavy atom. The van der Waals surface area contributed by atoms with Crippen molar-refractivity contribution in [2.75, 3.05) is 19.6 Å². The number of phenols is 2. The topological polar surface area (TPSA) is 64.0 Å². The van der Waals surface area contributed by atoms with E-state index >= 15 is 0 Å². The minimum absolute atomic E-state index is 0.0833. The summed E-state index contributed by atoms with van der Waals surface area (Å²) >= 11 is 0. The molecular formula is C24H32N2O3. The van der Waals surface area contributed by atoms with Crippen LogP contribution in [-0.4, -0.2) is 45.6 Å². The molecule has 2 aromatic rings. The summed E-state index contributed by atoms with van der Waals surface area (Å²) in [6.45, 7) is 6.11. The number of carbonyl (C=O) groups excluding carboxylic acids is 1. The number of hydrogen-bond acceptors (Lipinski definition) is 4. The summed E-state index contributed by atoms with van der Waals surface area (Å²) in [6, 6.07) is 15.2. The summed E-state index contributed by atoms with van der Waals surface area (Å²) in [5.41, 5.74) is 2.15. The van der Waals surface area contributed by atoms with Gasteiger partial charge in [-0.3, -0.25) is 9.69 Å². The molecule has 156 valence electrons. The second-order valence-electron chi connectivity index (χ2n) is 7.97. The predicted octanol–water partition coefficient (Wildman–Crippen LogP) is 4.14. The van der Waals surface area contributed by atoms with Crippen molar-refractivity contribution in [1.82, 2.24) is 9.80 Å². The third-order valence-electron chi connectivity index (χ3n) is 5.69. The first-order valence-corrected chi connectivity index (χ1v) is 10.6. The summed E-state index contributed by atoms with van der Waals surface area (Å²) in [7, 11) is 0. The van der Waals surface area contributed by atoms with Crippen molar-refractivity contribution in [3.63, 3.8) is 0 Å². The molecule has 0 radical (unpaired) electrons. The first-order chi connectivity index (χ1) is 14.1. The van der Waals surface area contributed by atoms with Crippen LogP contribution in [-0.2, 0) is 17.9 Å². The van der Waals surface area contributed by atoms with Crippen molar-refractivity contribution in [3.8, 4) is 11.5 Å². The smallest absolute Gasteiger partial charge is 0.226 e. The molecule has 1 aliphatic rings. The molecule has 0 aromatic heterocycles. The van der Waals surface area contributed by atoms with Crippen molar-refractivity contribution in [2.45, 2.75) is 45.7 Å². The molecule has 5 heteroatoms. The first-order valence-electron chi connectivity index (χ1n) is 10.6. The largest absolute Gasteiger partial charge is 0.504 e. The molecule has 1 saturated heterocycles. The fourth-order valence-corrected chi connectivity index (χ4v) is 3.94. The molecular weight excluding hydrogens is 364 g/mol. The highest BCUT2D eigenvalue weighted by Crippen LogP contribution is 2.27. The van der Waals surface area contributed by atoms with Crippen LogP contribution in [0.4, 0.5) is 0 Å². The molecule has 5 nitrogen and oxygen atoms in total. The number of unbranched alkanes of at least 4 members (excludes halogenated alkanes) is 1. The van der Waals surface area contributed by atoms with Crippen LogP contribution >= 0.6 is 0 Å². The normalized spacial score (nSPS) is 15.3. The van der Waals surface area contributed by atoms with Gasteiger partial charge in [0.25, 0.3) is 0 Å². The number of benzene rings is 2. The van der Waals surface area contributed by atoms with Crippen LogP contribution in [0.15, 0.2) is 48.5 Å². The minimum Gasteiger partial charge on any atom is -0.504 e. The number of phenolic OH excluding ortho intramolecular Hbond substituents is 2.